The first-order valence-corrected chi connectivity index (χ1v) is 7.17. The van der Waals surface area contributed by atoms with Crippen LogP contribution in [0, 0.1) is 0 Å². The summed E-state index contributed by atoms with van der Waals surface area (Å²) in [7, 11) is 1.54. The Kier molecular flexibility index (Phi) is 2.89. The van der Waals surface area contributed by atoms with Gasteiger partial charge in [-0.05, 0) is 25.0 Å². The lowest BCUT2D eigenvalue weighted by Gasteiger charge is -2.15. The lowest BCUT2D eigenvalue weighted by atomic mass is 9.97. The molecule has 0 N–H and O–H groups in total. The average molecular weight is 294 g/mol. The van der Waals surface area contributed by atoms with Gasteiger partial charge in [0.05, 0.1) is 19.0 Å². The van der Waals surface area contributed by atoms with Crippen molar-refractivity contribution in [3.63, 3.8) is 0 Å². The third kappa shape index (κ3) is 1.88. The average Bonchev–Trinajstić information content (AvgIpc) is 2.99. The summed E-state index contributed by atoms with van der Waals surface area (Å²) < 4.78 is 7.14. The number of rotatable bonds is 2. The molecule has 0 saturated heterocycles. The number of pyridine rings is 1. The molecule has 3 heterocycles. The van der Waals surface area contributed by atoms with Crippen LogP contribution in [0.3, 0.4) is 0 Å². The SMILES string of the molecule is COc1ncc2nccc(-n3ccc4c3CCCC4=O)c2n1. The van der Waals surface area contributed by atoms with Crippen molar-refractivity contribution < 1.29 is 9.53 Å². The van der Waals surface area contributed by atoms with Crippen LogP contribution in [0.25, 0.3) is 16.7 Å². The van der Waals surface area contributed by atoms with Gasteiger partial charge in [0.25, 0.3) is 0 Å². The van der Waals surface area contributed by atoms with Gasteiger partial charge in [-0.15, -0.1) is 0 Å². The number of nitrogens with zero attached hydrogens (tertiary/aromatic N) is 4. The Hall–Kier alpha value is -2.76. The first-order chi connectivity index (χ1) is 10.8. The quantitative estimate of drug-likeness (QED) is 0.725. The van der Waals surface area contributed by atoms with Gasteiger partial charge in [-0.2, -0.15) is 4.98 Å². The highest BCUT2D eigenvalue weighted by Gasteiger charge is 2.22. The fourth-order valence-corrected chi connectivity index (χ4v) is 2.95. The van der Waals surface area contributed by atoms with E-state index in [1.54, 1.807) is 12.4 Å². The number of ketones is 1. The van der Waals surface area contributed by atoms with Crippen LogP contribution < -0.4 is 4.74 Å². The van der Waals surface area contributed by atoms with Crippen LogP contribution in [0.5, 0.6) is 6.01 Å². The van der Waals surface area contributed by atoms with E-state index in [2.05, 4.69) is 15.0 Å². The van der Waals surface area contributed by atoms with Crippen molar-refractivity contribution in [1.29, 1.82) is 0 Å². The fourth-order valence-electron chi connectivity index (χ4n) is 2.95. The second-order valence-corrected chi connectivity index (χ2v) is 5.24. The molecule has 22 heavy (non-hydrogen) atoms. The molecule has 0 aromatic carbocycles. The van der Waals surface area contributed by atoms with Gasteiger partial charge < -0.3 is 9.30 Å². The Morgan fingerprint density at radius 3 is 3.00 bits per heavy atom. The molecule has 6 nitrogen and oxygen atoms in total. The lowest BCUT2D eigenvalue weighted by Crippen LogP contribution is -2.12. The number of carbonyl (C=O) groups is 1. The normalized spacial score (nSPS) is 14.1. The van der Waals surface area contributed by atoms with Crippen molar-refractivity contribution in [2.45, 2.75) is 19.3 Å². The van der Waals surface area contributed by atoms with Crippen molar-refractivity contribution in [3.05, 3.63) is 42.0 Å². The van der Waals surface area contributed by atoms with Gasteiger partial charge in [-0.25, -0.2) is 4.98 Å². The summed E-state index contributed by atoms with van der Waals surface area (Å²) >= 11 is 0. The molecular weight excluding hydrogens is 280 g/mol. The zero-order valence-electron chi connectivity index (χ0n) is 12.1. The summed E-state index contributed by atoms with van der Waals surface area (Å²) in [6.45, 7) is 0. The van der Waals surface area contributed by atoms with Gasteiger partial charge in [0.15, 0.2) is 5.78 Å². The summed E-state index contributed by atoms with van der Waals surface area (Å²) in [5.41, 5.74) is 4.16. The maximum absolute atomic E-state index is 12.0. The Labute approximate surface area is 126 Å². The predicted molar refractivity (Wildman–Crippen MR) is 80.5 cm³/mol. The molecule has 3 aromatic rings. The van der Waals surface area contributed by atoms with E-state index in [1.807, 2.05) is 22.9 Å². The molecule has 0 spiro atoms. The molecule has 0 amide bonds. The van der Waals surface area contributed by atoms with Crippen molar-refractivity contribution in [1.82, 2.24) is 19.5 Å². The third-order valence-electron chi connectivity index (χ3n) is 3.99. The highest BCUT2D eigenvalue weighted by Crippen LogP contribution is 2.28. The minimum absolute atomic E-state index is 0.213. The zero-order valence-corrected chi connectivity index (χ0v) is 12.1. The molecule has 3 aromatic heterocycles. The Bertz CT molecular complexity index is 885. The largest absolute Gasteiger partial charge is 0.467 e. The van der Waals surface area contributed by atoms with Crippen LogP contribution in [0.15, 0.2) is 30.7 Å². The van der Waals surface area contributed by atoms with E-state index >= 15 is 0 Å². The number of hydrogen-bond acceptors (Lipinski definition) is 5. The molecule has 6 heteroatoms. The van der Waals surface area contributed by atoms with Gasteiger partial charge in [-0.1, -0.05) is 0 Å². The Morgan fingerprint density at radius 1 is 1.23 bits per heavy atom. The smallest absolute Gasteiger partial charge is 0.316 e. The molecule has 1 aliphatic rings. The predicted octanol–water partition coefficient (Wildman–Crippen LogP) is 2.34. The van der Waals surface area contributed by atoms with E-state index < -0.39 is 0 Å². The molecule has 0 radical (unpaired) electrons. The zero-order chi connectivity index (χ0) is 15.1. The standard InChI is InChI=1S/C16H14N4O2/c1-22-16-18-9-11-15(19-16)13(5-7-17-11)20-8-6-10-12(20)3-2-4-14(10)21/h5-9H,2-4H2,1H3. The van der Waals surface area contributed by atoms with Gasteiger partial charge in [0.1, 0.15) is 11.0 Å². The van der Waals surface area contributed by atoms with Crippen LogP contribution in [-0.2, 0) is 6.42 Å². The van der Waals surface area contributed by atoms with Gasteiger partial charge >= 0.3 is 6.01 Å². The molecule has 4 rings (SSSR count). The van der Waals surface area contributed by atoms with Gasteiger partial charge in [0.2, 0.25) is 0 Å². The molecule has 0 saturated carbocycles. The number of methoxy groups -OCH3 is 1. The number of Topliss-reactive ketones (excluding diaryl/α,β-unsaturated/α-hetero) is 1. The van der Waals surface area contributed by atoms with Crippen LogP contribution in [-0.4, -0.2) is 32.4 Å². The monoisotopic (exact) mass is 294 g/mol. The Balaban J connectivity index is 1.97. The number of ether oxygens (including phenoxy) is 1. The van der Waals surface area contributed by atoms with Crippen LogP contribution in [0.2, 0.25) is 0 Å². The van der Waals surface area contributed by atoms with Gasteiger partial charge in [0, 0.05) is 30.1 Å². The third-order valence-corrected chi connectivity index (χ3v) is 3.99. The van der Waals surface area contributed by atoms with Crippen molar-refractivity contribution in [3.8, 4) is 11.7 Å². The lowest BCUT2D eigenvalue weighted by molar-refractivity contribution is 0.0972. The highest BCUT2D eigenvalue weighted by atomic mass is 16.5. The van der Waals surface area contributed by atoms with E-state index in [0.717, 1.165) is 29.8 Å². The minimum atomic E-state index is 0.213. The van der Waals surface area contributed by atoms with Crippen LogP contribution in [0.1, 0.15) is 28.9 Å². The summed E-state index contributed by atoms with van der Waals surface area (Å²) in [5, 5.41) is 0. The van der Waals surface area contributed by atoms with E-state index in [-0.39, 0.29) is 5.78 Å². The second kappa shape index (κ2) is 4.91. The van der Waals surface area contributed by atoms with Crippen LogP contribution in [0.4, 0.5) is 0 Å². The van der Waals surface area contributed by atoms with Crippen molar-refractivity contribution in [2.24, 2.45) is 0 Å². The molecule has 0 aliphatic heterocycles. The number of carbonyl (C=O) groups excluding carboxylic acids is 1. The van der Waals surface area contributed by atoms with Crippen molar-refractivity contribution >= 4 is 16.8 Å². The molecular formula is C16H14N4O2. The number of aromatic nitrogens is 4. The maximum atomic E-state index is 12.0. The molecule has 0 fully saturated rings. The molecule has 0 bridgehead atoms. The summed E-state index contributed by atoms with van der Waals surface area (Å²) in [6.07, 6.45) is 7.70. The summed E-state index contributed by atoms with van der Waals surface area (Å²) in [4.78, 5) is 24.8. The molecule has 1 aliphatic carbocycles. The molecule has 0 unspecified atom stereocenters. The van der Waals surface area contributed by atoms with Crippen molar-refractivity contribution in [2.75, 3.05) is 7.11 Å². The van der Waals surface area contributed by atoms with E-state index in [9.17, 15) is 4.79 Å². The first kappa shape index (κ1) is 12.9. The minimum Gasteiger partial charge on any atom is -0.467 e. The molecule has 0 atom stereocenters. The topological polar surface area (TPSA) is 69.9 Å². The molecule has 110 valence electrons. The number of hydrogen-bond donors (Lipinski definition) is 0. The Morgan fingerprint density at radius 2 is 2.14 bits per heavy atom. The van der Waals surface area contributed by atoms with E-state index in [0.29, 0.717) is 23.5 Å². The maximum Gasteiger partial charge on any atom is 0.316 e. The van der Waals surface area contributed by atoms with E-state index in [4.69, 9.17) is 4.74 Å². The first-order valence-electron chi connectivity index (χ1n) is 7.17. The highest BCUT2D eigenvalue weighted by molar-refractivity contribution is 5.98. The second-order valence-electron chi connectivity index (χ2n) is 5.24. The number of fused-ring (bicyclic) bond motifs is 2. The van der Waals surface area contributed by atoms with Gasteiger partial charge in [-0.3, -0.25) is 9.78 Å². The van der Waals surface area contributed by atoms with Crippen LogP contribution >= 0.6 is 0 Å². The summed E-state index contributed by atoms with van der Waals surface area (Å²) in [5.74, 6) is 0.213. The fraction of sp³-hybridized carbons (Fsp3) is 0.250. The summed E-state index contributed by atoms with van der Waals surface area (Å²) in [6, 6.07) is 4.09. The van der Waals surface area contributed by atoms with E-state index in [1.165, 1.54) is 7.11 Å².